The first-order chi connectivity index (χ1) is 18.1. The molecule has 1 heterocycles. The van der Waals surface area contributed by atoms with Gasteiger partial charge in [-0.15, -0.1) is 0 Å². The molecule has 38 heavy (non-hydrogen) atoms. The second kappa shape index (κ2) is 13.0. The first kappa shape index (κ1) is 29.3. The Balaban J connectivity index is 1.82. The molecule has 0 saturated carbocycles. The number of nitrogens with zero attached hydrogens (tertiary/aromatic N) is 1. The summed E-state index contributed by atoms with van der Waals surface area (Å²) in [5.74, 6) is -0.00810. The minimum atomic E-state index is -4.15. The first-order valence-electron chi connectivity index (χ1n) is 11.7. The van der Waals surface area contributed by atoms with Gasteiger partial charge in [-0.05, 0) is 37.1 Å². The predicted octanol–water partition coefficient (Wildman–Crippen LogP) is 1.76. The van der Waals surface area contributed by atoms with Crippen LogP contribution in [0.3, 0.4) is 0 Å². The van der Waals surface area contributed by atoms with Crippen LogP contribution in [-0.4, -0.2) is 61.6 Å². The number of anilines is 1. The van der Waals surface area contributed by atoms with Crippen LogP contribution in [0.4, 0.5) is 5.69 Å². The zero-order chi connectivity index (χ0) is 27.8. The van der Waals surface area contributed by atoms with Gasteiger partial charge < -0.3 is 14.8 Å². The lowest BCUT2D eigenvalue weighted by atomic mass is 10.1. The van der Waals surface area contributed by atoms with Crippen LogP contribution >= 0.6 is 0 Å². The molecule has 0 aliphatic rings. The molecule has 0 bridgehead atoms. The van der Waals surface area contributed by atoms with Crippen molar-refractivity contribution in [3.8, 4) is 11.5 Å². The lowest BCUT2D eigenvalue weighted by Crippen LogP contribution is -2.44. The molecule has 0 saturated heterocycles. The number of sulfonamides is 1. The van der Waals surface area contributed by atoms with Crippen LogP contribution in [-0.2, 0) is 25.0 Å². The maximum absolute atomic E-state index is 13.3. The van der Waals surface area contributed by atoms with E-state index in [1.807, 2.05) is 12.1 Å². The second-order valence-corrected chi connectivity index (χ2v) is 11.6. The molecule has 1 atom stereocenters. The number of hydrogen-bond acceptors (Lipinski definition) is 8. The van der Waals surface area contributed by atoms with Crippen LogP contribution in [0.1, 0.15) is 19.3 Å². The van der Waals surface area contributed by atoms with E-state index in [1.54, 1.807) is 24.4 Å². The topological polar surface area (TPSA) is 165 Å². The summed E-state index contributed by atoms with van der Waals surface area (Å²) in [6, 6.07) is 11.9. The Kier molecular flexibility index (Phi) is 9.99. The molecule has 12 nitrogen and oxygen atoms in total. The fourth-order valence-corrected chi connectivity index (χ4v) is 5.46. The first-order valence-corrected chi connectivity index (χ1v) is 14.6. The Hall–Kier alpha value is -3.30. The highest BCUT2D eigenvalue weighted by Gasteiger charge is 2.27. The van der Waals surface area contributed by atoms with Crippen LogP contribution in [0, 0.1) is 0 Å². The molecular formula is C24H31N5O7S2. The van der Waals surface area contributed by atoms with Gasteiger partial charge in [-0.25, -0.2) is 17.9 Å². The van der Waals surface area contributed by atoms with Crippen molar-refractivity contribution in [2.75, 3.05) is 33.1 Å². The third-order valence-electron chi connectivity index (χ3n) is 5.65. The van der Waals surface area contributed by atoms with Gasteiger partial charge in [-0.3, -0.25) is 9.78 Å². The number of ether oxygens (including phenoxy) is 2. The number of hydrogen-bond donors (Lipinski definition) is 4. The Labute approximate surface area is 222 Å². The van der Waals surface area contributed by atoms with Crippen LogP contribution < -0.4 is 29.0 Å². The monoisotopic (exact) mass is 565 g/mol. The molecule has 206 valence electrons. The summed E-state index contributed by atoms with van der Waals surface area (Å²) in [5.41, 5.74) is 0.997. The van der Waals surface area contributed by atoms with Gasteiger partial charge in [0.15, 0.2) is 11.5 Å². The van der Waals surface area contributed by atoms with Crippen LogP contribution in [0.5, 0.6) is 11.5 Å². The average Bonchev–Trinajstić information content (AvgIpc) is 2.91. The molecule has 1 amide bonds. The number of para-hydroxylation sites is 1. The number of carbonyl (C=O) groups is 1. The van der Waals surface area contributed by atoms with Crippen molar-refractivity contribution in [3.05, 3.63) is 54.7 Å². The van der Waals surface area contributed by atoms with Gasteiger partial charge in [0.25, 0.3) is 10.2 Å². The van der Waals surface area contributed by atoms with E-state index in [-0.39, 0.29) is 23.6 Å². The molecule has 0 aliphatic carbocycles. The van der Waals surface area contributed by atoms with E-state index in [1.165, 1.54) is 39.5 Å². The van der Waals surface area contributed by atoms with Crippen LogP contribution in [0.15, 0.2) is 59.6 Å². The SMILES string of the molecule is CNS(=O)(=O)NCCCCC(NS(=O)(=O)c1ccc(OC)c(OC)c1)C(=O)Nc1cccc2cccnc12. The van der Waals surface area contributed by atoms with Crippen molar-refractivity contribution in [2.24, 2.45) is 0 Å². The summed E-state index contributed by atoms with van der Waals surface area (Å²) < 4.78 is 66.9. The average molecular weight is 566 g/mol. The highest BCUT2D eigenvalue weighted by molar-refractivity contribution is 7.89. The number of unbranched alkanes of at least 4 members (excludes halogenated alkanes) is 1. The van der Waals surface area contributed by atoms with Gasteiger partial charge >= 0.3 is 0 Å². The molecule has 0 spiro atoms. The number of pyridine rings is 1. The summed E-state index contributed by atoms with van der Waals surface area (Å²) in [6.07, 6.45) is 2.43. The van der Waals surface area contributed by atoms with Gasteiger partial charge in [0.05, 0.1) is 30.3 Å². The van der Waals surface area contributed by atoms with E-state index in [0.717, 1.165) is 5.39 Å². The largest absolute Gasteiger partial charge is 0.493 e. The van der Waals surface area contributed by atoms with Gasteiger partial charge in [-0.1, -0.05) is 24.6 Å². The van der Waals surface area contributed by atoms with Gasteiger partial charge in [-0.2, -0.15) is 13.1 Å². The smallest absolute Gasteiger partial charge is 0.276 e. The van der Waals surface area contributed by atoms with Crippen molar-refractivity contribution in [1.82, 2.24) is 19.2 Å². The molecule has 1 unspecified atom stereocenters. The lowest BCUT2D eigenvalue weighted by molar-refractivity contribution is -0.117. The fourth-order valence-electron chi connectivity index (χ4n) is 3.66. The molecule has 0 aliphatic heterocycles. The number of aromatic nitrogens is 1. The van der Waals surface area contributed by atoms with Crippen molar-refractivity contribution < 1.29 is 31.1 Å². The Bertz CT molecular complexity index is 1480. The number of benzene rings is 2. The van der Waals surface area contributed by atoms with E-state index < -0.39 is 32.2 Å². The van der Waals surface area contributed by atoms with E-state index in [0.29, 0.717) is 29.8 Å². The molecule has 1 aromatic heterocycles. The van der Waals surface area contributed by atoms with Crippen molar-refractivity contribution >= 4 is 42.7 Å². The maximum Gasteiger partial charge on any atom is 0.276 e. The maximum atomic E-state index is 13.3. The van der Waals surface area contributed by atoms with Gasteiger partial charge in [0.1, 0.15) is 6.04 Å². The Morgan fingerprint density at radius 2 is 1.71 bits per heavy atom. The Morgan fingerprint density at radius 3 is 2.42 bits per heavy atom. The summed E-state index contributed by atoms with van der Waals surface area (Å²) in [7, 11) is -3.64. The van der Waals surface area contributed by atoms with Crippen LogP contribution in [0.2, 0.25) is 0 Å². The third-order valence-corrected chi connectivity index (χ3v) is 8.24. The van der Waals surface area contributed by atoms with Crippen LogP contribution in [0.25, 0.3) is 10.9 Å². The summed E-state index contributed by atoms with van der Waals surface area (Å²) in [4.78, 5) is 17.5. The molecule has 3 rings (SSSR count). The van der Waals surface area contributed by atoms with Crippen molar-refractivity contribution in [3.63, 3.8) is 0 Å². The predicted molar refractivity (Wildman–Crippen MR) is 144 cm³/mol. The zero-order valence-electron chi connectivity index (χ0n) is 21.2. The molecule has 2 aromatic carbocycles. The molecule has 14 heteroatoms. The molecule has 4 N–H and O–H groups in total. The minimum Gasteiger partial charge on any atom is -0.493 e. The number of fused-ring (bicyclic) bond motifs is 1. The normalized spacial score (nSPS) is 12.7. The summed E-state index contributed by atoms with van der Waals surface area (Å²) in [6.45, 7) is 0.118. The number of nitrogens with one attached hydrogen (secondary N) is 4. The third kappa shape index (κ3) is 7.61. The van der Waals surface area contributed by atoms with E-state index in [4.69, 9.17) is 9.47 Å². The lowest BCUT2D eigenvalue weighted by Gasteiger charge is -2.19. The van der Waals surface area contributed by atoms with Crippen molar-refractivity contribution in [1.29, 1.82) is 0 Å². The number of methoxy groups -OCH3 is 2. The molecule has 0 radical (unpaired) electrons. The molecule has 3 aromatic rings. The van der Waals surface area contributed by atoms with E-state index in [2.05, 4.69) is 24.5 Å². The number of rotatable bonds is 14. The van der Waals surface area contributed by atoms with Gasteiger partial charge in [0, 0.05) is 31.2 Å². The zero-order valence-corrected chi connectivity index (χ0v) is 22.9. The molecular weight excluding hydrogens is 534 g/mol. The minimum absolute atomic E-state index is 0.109. The highest BCUT2D eigenvalue weighted by atomic mass is 32.2. The standard InChI is InChI=1S/C24H31N5O7S2/c1-25-38(33,34)27-15-5-4-10-20(24(30)28-19-11-6-8-17-9-7-14-26-23(17)19)29-37(31,32)18-12-13-21(35-2)22(16-18)36-3/h6-9,11-14,16,20,25,27,29H,4-5,10,15H2,1-3H3,(H,28,30). The second-order valence-electron chi connectivity index (χ2n) is 8.16. The Morgan fingerprint density at radius 1 is 0.974 bits per heavy atom. The fraction of sp³-hybridized carbons (Fsp3) is 0.333. The number of carbonyl (C=O) groups excluding carboxylic acids is 1. The summed E-state index contributed by atoms with van der Waals surface area (Å²) >= 11 is 0. The highest BCUT2D eigenvalue weighted by Crippen LogP contribution is 2.29. The van der Waals surface area contributed by atoms with E-state index in [9.17, 15) is 21.6 Å². The number of amides is 1. The van der Waals surface area contributed by atoms with Gasteiger partial charge in [0.2, 0.25) is 15.9 Å². The van der Waals surface area contributed by atoms with E-state index >= 15 is 0 Å². The molecule has 0 fully saturated rings. The summed E-state index contributed by atoms with van der Waals surface area (Å²) in [5, 5.41) is 3.59. The quantitative estimate of drug-likeness (QED) is 0.215. The van der Waals surface area contributed by atoms with Crippen molar-refractivity contribution in [2.45, 2.75) is 30.2 Å².